The van der Waals surface area contributed by atoms with Gasteiger partial charge in [0.2, 0.25) is 0 Å². The molecule has 2 unspecified atom stereocenters. The number of hydrogen-bond acceptors (Lipinski definition) is 1. The van der Waals surface area contributed by atoms with Crippen LogP contribution in [0.1, 0.15) is 0 Å². The number of nitrogens with two attached hydrogens (primary N) is 1. The molecule has 0 heterocycles. The van der Waals surface area contributed by atoms with Crippen LogP contribution < -0.4 is 5.73 Å². The molecule has 3 heteroatoms. The lowest BCUT2D eigenvalue weighted by Crippen LogP contribution is -2.39. The normalized spacial score (nSPS) is 41.4. The molecule has 0 fully saturated rings. The fraction of sp³-hybridized carbons (Fsp3) is 0.333. The first-order valence-corrected chi connectivity index (χ1v) is 4.93. The highest BCUT2D eigenvalue weighted by Gasteiger charge is 2.25. The minimum atomic E-state index is -0.174. The average molecular weight is 347 g/mol. The Morgan fingerprint density at radius 3 is 2.44 bits per heavy atom. The SMILES string of the molecule is NC1(I)C=CC=CC1I. The van der Waals surface area contributed by atoms with Crippen molar-refractivity contribution in [1.82, 2.24) is 0 Å². The molecule has 1 aliphatic rings. The van der Waals surface area contributed by atoms with Gasteiger partial charge in [-0.1, -0.05) is 69.5 Å². The molecule has 0 aromatic rings. The van der Waals surface area contributed by atoms with Crippen molar-refractivity contribution in [2.24, 2.45) is 5.73 Å². The van der Waals surface area contributed by atoms with Gasteiger partial charge < -0.3 is 5.73 Å². The van der Waals surface area contributed by atoms with E-state index in [0.29, 0.717) is 3.92 Å². The van der Waals surface area contributed by atoms with Gasteiger partial charge in [0.05, 0.1) is 3.92 Å². The van der Waals surface area contributed by atoms with Crippen molar-refractivity contribution in [3.05, 3.63) is 24.3 Å². The van der Waals surface area contributed by atoms with Crippen LogP contribution in [0.3, 0.4) is 0 Å². The maximum Gasteiger partial charge on any atom is 0.102 e. The highest BCUT2D eigenvalue weighted by molar-refractivity contribution is 14.1. The van der Waals surface area contributed by atoms with Gasteiger partial charge in [-0.3, -0.25) is 0 Å². The summed E-state index contributed by atoms with van der Waals surface area (Å²) >= 11 is 4.58. The molecule has 1 aliphatic carbocycles. The summed E-state index contributed by atoms with van der Waals surface area (Å²) < 4.78 is 0.244. The zero-order chi connectivity index (χ0) is 6.91. The summed E-state index contributed by atoms with van der Waals surface area (Å²) in [5.41, 5.74) is 5.86. The Hall–Kier alpha value is 0.900. The van der Waals surface area contributed by atoms with Gasteiger partial charge in [-0.15, -0.1) is 0 Å². The van der Waals surface area contributed by atoms with Crippen LogP contribution in [0.25, 0.3) is 0 Å². The van der Waals surface area contributed by atoms with Crippen LogP contribution in [0.2, 0.25) is 0 Å². The van der Waals surface area contributed by atoms with Crippen molar-refractivity contribution >= 4 is 45.2 Å². The second kappa shape index (κ2) is 2.87. The van der Waals surface area contributed by atoms with Crippen LogP contribution in [0.4, 0.5) is 0 Å². The third kappa shape index (κ3) is 1.91. The molecule has 2 atom stereocenters. The van der Waals surface area contributed by atoms with Gasteiger partial charge in [0.25, 0.3) is 0 Å². The molecular weight excluding hydrogens is 340 g/mol. The van der Waals surface area contributed by atoms with E-state index in [2.05, 4.69) is 51.3 Å². The number of allylic oxidation sites excluding steroid dienone is 2. The Balaban J connectivity index is 2.78. The maximum absolute atomic E-state index is 5.86. The summed E-state index contributed by atoms with van der Waals surface area (Å²) in [5, 5.41) is 0. The summed E-state index contributed by atoms with van der Waals surface area (Å²) in [7, 11) is 0. The van der Waals surface area contributed by atoms with Crippen LogP contribution in [0.15, 0.2) is 24.3 Å². The Morgan fingerprint density at radius 2 is 2.11 bits per heavy atom. The zero-order valence-electron chi connectivity index (χ0n) is 4.72. The summed E-state index contributed by atoms with van der Waals surface area (Å²) in [6.07, 6.45) is 8.14. The number of halogens is 2. The third-order valence-electron chi connectivity index (χ3n) is 1.17. The lowest BCUT2D eigenvalue weighted by molar-refractivity contribution is 0.830. The second-order valence-corrected chi connectivity index (χ2v) is 5.18. The van der Waals surface area contributed by atoms with Gasteiger partial charge in [-0.05, 0) is 0 Å². The first-order valence-electron chi connectivity index (χ1n) is 2.61. The first kappa shape index (κ1) is 8.00. The van der Waals surface area contributed by atoms with E-state index in [0.717, 1.165) is 0 Å². The van der Waals surface area contributed by atoms with Gasteiger partial charge in [0, 0.05) is 0 Å². The number of rotatable bonds is 0. The van der Waals surface area contributed by atoms with E-state index in [1.807, 2.05) is 18.2 Å². The van der Waals surface area contributed by atoms with Crippen molar-refractivity contribution in [1.29, 1.82) is 0 Å². The molecule has 0 aromatic heterocycles. The van der Waals surface area contributed by atoms with E-state index in [-0.39, 0.29) is 3.55 Å². The quantitative estimate of drug-likeness (QED) is 0.405. The molecular formula is C6H7I2N. The summed E-state index contributed by atoms with van der Waals surface area (Å²) in [4.78, 5) is 0. The summed E-state index contributed by atoms with van der Waals surface area (Å²) in [6.45, 7) is 0. The lowest BCUT2D eigenvalue weighted by atomic mass is 10.1. The molecule has 0 saturated carbocycles. The molecule has 0 saturated heterocycles. The van der Waals surface area contributed by atoms with Gasteiger partial charge in [-0.25, -0.2) is 0 Å². The monoisotopic (exact) mass is 347 g/mol. The molecule has 9 heavy (non-hydrogen) atoms. The van der Waals surface area contributed by atoms with Crippen LogP contribution in [-0.2, 0) is 0 Å². The smallest absolute Gasteiger partial charge is 0.102 e. The maximum atomic E-state index is 5.86. The molecule has 0 amide bonds. The van der Waals surface area contributed by atoms with E-state index >= 15 is 0 Å². The molecule has 0 spiro atoms. The van der Waals surface area contributed by atoms with Gasteiger partial charge in [-0.2, -0.15) is 0 Å². The predicted molar refractivity (Wildman–Crippen MR) is 57.0 cm³/mol. The van der Waals surface area contributed by atoms with E-state index < -0.39 is 0 Å². The third-order valence-corrected chi connectivity index (χ3v) is 4.83. The van der Waals surface area contributed by atoms with E-state index in [9.17, 15) is 0 Å². The van der Waals surface area contributed by atoms with Crippen molar-refractivity contribution in [3.8, 4) is 0 Å². The molecule has 0 radical (unpaired) electrons. The molecule has 50 valence electrons. The van der Waals surface area contributed by atoms with Gasteiger partial charge in [0.1, 0.15) is 3.55 Å². The van der Waals surface area contributed by atoms with Gasteiger partial charge in [0.15, 0.2) is 0 Å². The van der Waals surface area contributed by atoms with Crippen molar-refractivity contribution in [3.63, 3.8) is 0 Å². The number of alkyl halides is 2. The van der Waals surface area contributed by atoms with Crippen molar-refractivity contribution in [2.75, 3.05) is 0 Å². The molecule has 2 N–H and O–H groups in total. The fourth-order valence-corrected chi connectivity index (χ4v) is 1.47. The Labute approximate surface area is 82.0 Å². The summed E-state index contributed by atoms with van der Waals surface area (Å²) in [5.74, 6) is 0. The lowest BCUT2D eigenvalue weighted by Gasteiger charge is -2.24. The van der Waals surface area contributed by atoms with Crippen molar-refractivity contribution in [2.45, 2.75) is 7.47 Å². The van der Waals surface area contributed by atoms with Gasteiger partial charge >= 0.3 is 0 Å². The second-order valence-electron chi connectivity index (χ2n) is 1.97. The van der Waals surface area contributed by atoms with Crippen LogP contribution in [0.5, 0.6) is 0 Å². The summed E-state index contributed by atoms with van der Waals surface area (Å²) in [6, 6.07) is 0. The Kier molecular flexibility index (Phi) is 2.56. The predicted octanol–water partition coefficient (Wildman–Crippen LogP) is 2.01. The van der Waals surface area contributed by atoms with Crippen LogP contribution in [0, 0.1) is 0 Å². The fourth-order valence-electron chi connectivity index (χ4n) is 0.604. The van der Waals surface area contributed by atoms with E-state index in [4.69, 9.17) is 5.73 Å². The van der Waals surface area contributed by atoms with Crippen LogP contribution in [-0.4, -0.2) is 7.47 Å². The highest BCUT2D eigenvalue weighted by atomic mass is 127. The molecule has 0 aliphatic heterocycles. The highest BCUT2D eigenvalue weighted by Crippen LogP contribution is 2.28. The molecule has 0 bridgehead atoms. The van der Waals surface area contributed by atoms with Crippen LogP contribution >= 0.6 is 45.2 Å². The minimum Gasteiger partial charge on any atom is -0.313 e. The van der Waals surface area contributed by atoms with Crippen molar-refractivity contribution < 1.29 is 0 Å². The van der Waals surface area contributed by atoms with E-state index in [1.54, 1.807) is 0 Å². The average Bonchev–Trinajstić information content (AvgIpc) is 1.77. The molecule has 0 aromatic carbocycles. The number of hydrogen-bond donors (Lipinski definition) is 1. The van der Waals surface area contributed by atoms with E-state index in [1.165, 1.54) is 0 Å². The molecule has 1 nitrogen and oxygen atoms in total. The Bertz CT molecular complexity index is 160. The molecule has 1 rings (SSSR count). The largest absolute Gasteiger partial charge is 0.313 e. The standard InChI is InChI=1S/C6H7I2N/c7-5-3-1-2-4-6(5,8)9/h1-5H,9H2. The topological polar surface area (TPSA) is 26.0 Å². The Morgan fingerprint density at radius 1 is 1.44 bits per heavy atom. The first-order chi connectivity index (χ1) is 4.13. The minimum absolute atomic E-state index is 0.174. The zero-order valence-corrected chi connectivity index (χ0v) is 9.04.